The van der Waals surface area contributed by atoms with E-state index in [1.165, 1.54) is 5.56 Å². The lowest BCUT2D eigenvalue weighted by Crippen LogP contribution is -2.53. The van der Waals surface area contributed by atoms with Crippen LogP contribution in [0, 0.1) is 0 Å². The topological polar surface area (TPSA) is 52.8 Å². The van der Waals surface area contributed by atoms with E-state index in [4.69, 9.17) is 5.73 Å². The van der Waals surface area contributed by atoms with Crippen LogP contribution in [-0.2, 0) is 11.3 Å². The van der Waals surface area contributed by atoms with Gasteiger partial charge in [0.1, 0.15) is 0 Å². The Hall–Kier alpha value is -0.850. The van der Waals surface area contributed by atoms with Crippen LogP contribution in [-0.4, -0.2) is 73.0 Å². The fourth-order valence-electron chi connectivity index (χ4n) is 2.77. The van der Waals surface area contributed by atoms with Crippen LogP contribution in [0.25, 0.3) is 0 Å². The van der Waals surface area contributed by atoms with E-state index in [2.05, 4.69) is 41.1 Å². The Morgan fingerprint density at radius 1 is 1.17 bits per heavy atom. The summed E-state index contributed by atoms with van der Waals surface area (Å²) in [5, 5.41) is 0. The smallest absolute Gasteiger partial charge is 0.239 e. The van der Waals surface area contributed by atoms with Gasteiger partial charge in [-0.1, -0.05) is 30.3 Å². The van der Waals surface area contributed by atoms with Gasteiger partial charge in [0.2, 0.25) is 5.91 Å². The molecule has 5 nitrogen and oxygen atoms in total. The fraction of sp³-hybridized carbons (Fsp3) is 0.588. The van der Waals surface area contributed by atoms with Crippen LogP contribution >= 0.6 is 24.8 Å². The van der Waals surface area contributed by atoms with Crippen LogP contribution in [0.15, 0.2) is 30.3 Å². The number of halogens is 2. The van der Waals surface area contributed by atoms with Crippen molar-refractivity contribution in [1.82, 2.24) is 14.7 Å². The normalized spacial score (nSPS) is 16.2. The van der Waals surface area contributed by atoms with E-state index in [1.807, 2.05) is 11.0 Å². The van der Waals surface area contributed by atoms with Crippen LogP contribution in [0.2, 0.25) is 0 Å². The van der Waals surface area contributed by atoms with E-state index >= 15 is 0 Å². The number of hydrogen-bond acceptors (Lipinski definition) is 4. The lowest BCUT2D eigenvalue weighted by atomic mass is 10.2. The Kier molecular flexibility index (Phi) is 11.2. The Morgan fingerprint density at radius 3 is 2.29 bits per heavy atom. The zero-order valence-corrected chi connectivity index (χ0v) is 16.2. The zero-order chi connectivity index (χ0) is 15.9. The van der Waals surface area contributed by atoms with Crippen LogP contribution in [0.3, 0.4) is 0 Å². The molecule has 1 aliphatic heterocycles. The molecule has 1 aliphatic rings. The summed E-state index contributed by atoms with van der Waals surface area (Å²) >= 11 is 0. The molecular weight excluding hydrogens is 347 g/mol. The van der Waals surface area contributed by atoms with Crippen molar-refractivity contribution in [2.75, 3.05) is 46.3 Å². The van der Waals surface area contributed by atoms with E-state index in [1.54, 1.807) is 6.92 Å². The predicted octanol–water partition coefficient (Wildman–Crippen LogP) is 1.45. The number of benzene rings is 1. The molecule has 1 amide bonds. The molecular formula is C17H30Cl2N4O. The highest BCUT2D eigenvalue weighted by Gasteiger charge is 2.22. The first kappa shape index (κ1) is 23.1. The summed E-state index contributed by atoms with van der Waals surface area (Å²) in [4.78, 5) is 18.5. The van der Waals surface area contributed by atoms with E-state index in [0.29, 0.717) is 0 Å². The minimum atomic E-state index is -0.386. The molecule has 0 spiro atoms. The van der Waals surface area contributed by atoms with Crippen molar-refractivity contribution in [1.29, 1.82) is 0 Å². The summed E-state index contributed by atoms with van der Waals surface area (Å²) in [6.45, 7) is 8.29. The highest BCUT2D eigenvalue weighted by Crippen LogP contribution is 2.05. The van der Waals surface area contributed by atoms with Gasteiger partial charge in [0.25, 0.3) is 0 Å². The summed E-state index contributed by atoms with van der Waals surface area (Å²) in [5.74, 6) is 0.0702. The van der Waals surface area contributed by atoms with Crippen LogP contribution in [0.4, 0.5) is 0 Å². The maximum absolute atomic E-state index is 11.8. The second-order valence-electron chi connectivity index (χ2n) is 6.18. The SMILES string of the molecule is C[C@@H](N)C(=O)N1CCN(CCN(C)Cc2ccccc2)CC1.Cl.Cl. The van der Waals surface area contributed by atoms with Crippen LogP contribution in [0.5, 0.6) is 0 Å². The van der Waals surface area contributed by atoms with Gasteiger partial charge in [0.15, 0.2) is 0 Å². The number of hydrogen-bond donors (Lipinski definition) is 1. The Labute approximate surface area is 158 Å². The Balaban J connectivity index is 0.00000264. The van der Waals surface area contributed by atoms with Gasteiger partial charge < -0.3 is 15.5 Å². The summed E-state index contributed by atoms with van der Waals surface area (Å²) < 4.78 is 0. The standard InChI is InChI=1S/C17H28N4O.2ClH/c1-15(18)17(22)21-12-10-20(11-13-21)9-8-19(2)14-16-6-4-3-5-7-16;;/h3-7,15H,8-14,18H2,1-2H3;2*1H/t15-;;/m1../s1. The molecule has 1 fully saturated rings. The van der Waals surface area contributed by atoms with Gasteiger partial charge in [0.05, 0.1) is 6.04 Å². The molecule has 1 atom stereocenters. The molecule has 0 radical (unpaired) electrons. The molecule has 0 saturated carbocycles. The minimum Gasteiger partial charge on any atom is -0.339 e. The van der Waals surface area contributed by atoms with Gasteiger partial charge in [0, 0.05) is 45.8 Å². The Morgan fingerprint density at radius 2 is 1.75 bits per heavy atom. The number of carbonyl (C=O) groups excluding carboxylic acids is 1. The summed E-state index contributed by atoms with van der Waals surface area (Å²) in [7, 11) is 2.16. The monoisotopic (exact) mass is 376 g/mol. The van der Waals surface area contributed by atoms with Crippen molar-refractivity contribution in [3.63, 3.8) is 0 Å². The van der Waals surface area contributed by atoms with Gasteiger partial charge in [-0.15, -0.1) is 24.8 Å². The number of carbonyl (C=O) groups is 1. The lowest BCUT2D eigenvalue weighted by Gasteiger charge is -2.36. The number of rotatable bonds is 6. The van der Waals surface area contributed by atoms with E-state index < -0.39 is 0 Å². The van der Waals surface area contributed by atoms with Crippen molar-refractivity contribution in [3.05, 3.63) is 35.9 Å². The molecule has 1 saturated heterocycles. The zero-order valence-electron chi connectivity index (χ0n) is 14.6. The first-order valence-corrected chi connectivity index (χ1v) is 8.05. The van der Waals surface area contributed by atoms with Gasteiger partial charge in [-0.3, -0.25) is 9.69 Å². The number of piperazine rings is 1. The molecule has 1 aromatic carbocycles. The summed E-state index contributed by atoms with van der Waals surface area (Å²) in [6, 6.07) is 10.1. The van der Waals surface area contributed by atoms with Crippen molar-refractivity contribution < 1.29 is 4.79 Å². The van der Waals surface area contributed by atoms with Gasteiger partial charge >= 0.3 is 0 Å². The molecule has 2 rings (SSSR count). The van der Waals surface area contributed by atoms with Crippen LogP contribution < -0.4 is 5.73 Å². The molecule has 138 valence electrons. The molecule has 7 heteroatoms. The average Bonchev–Trinajstić information content (AvgIpc) is 2.53. The fourth-order valence-corrected chi connectivity index (χ4v) is 2.77. The predicted molar refractivity (Wildman–Crippen MR) is 104 cm³/mol. The average molecular weight is 377 g/mol. The quantitative estimate of drug-likeness (QED) is 0.816. The first-order valence-electron chi connectivity index (χ1n) is 8.05. The second-order valence-corrected chi connectivity index (χ2v) is 6.18. The maximum Gasteiger partial charge on any atom is 0.239 e. The number of nitrogens with two attached hydrogens (primary N) is 1. The lowest BCUT2D eigenvalue weighted by molar-refractivity contribution is -0.133. The first-order chi connectivity index (χ1) is 10.6. The highest BCUT2D eigenvalue weighted by molar-refractivity contribution is 5.85. The van der Waals surface area contributed by atoms with Crippen molar-refractivity contribution in [3.8, 4) is 0 Å². The van der Waals surface area contributed by atoms with E-state index in [0.717, 1.165) is 45.8 Å². The molecule has 0 bridgehead atoms. The molecule has 1 heterocycles. The van der Waals surface area contributed by atoms with Crippen molar-refractivity contribution in [2.45, 2.75) is 19.5 Å². The van der Waals surface area contributed by atoms with Gasteiger partial charge in [-0.2, -0.15) is 0 Å². The molecule has 0 aromatic heterocycles. The molecule has 2 N–H and O–H groups in total. The van der Waals surface area contributed by atoms with Crippen LogP contribution in [0.1, 0.15) is 12.5 Å². The van der Waals surface area contributed by atoms with Gasteiger partial charge in [-0.05, 0) is 19.5 Å². The Bertz CT molecular complexity index is 465. The molecule has 0 aliphatic carbocycles. The minimum absolute atomic E-state index is 0. The highest BCUT2D eigenvalue weighted by atomic mass is 35.5. The number of nitrogens with zero attached hydrogens (tertiary/aromatic N) is 3. The van der Waals surface area contributed by atoms with E-state index in [9.17, 15) is 4.79 Å². The van der Waals surface area contributed by atoms with Gasteiger partial charge in [-0.25, -0.2) is 0 Å². The molecule has 1 aromatic rings. The third-order valence-electron chi connectivity index (χ3n) is 4.17. The maximum atomic E-state index is 11.8. The largest absolute Gasteiger partial charge is 0.339 e. The summed E-state index contributed by atoms with van der Waals surface area (Å²) in [6.07, 6.45) is 0. The van der Waals surface area contributed by atoms with Crippen molar-refractivity contribution >= 4 is 30.7 Å². The molecule has 0 unspecified atom stereocenters. The third-order valence-corrected chi connectivity index (χ3v) is 4.17. The second kappa shape index (κ2) is 11.7. The number of likely N-dealkylation sites (N-methyl/N-ethyl adjacent to an activating group) is 1. The number of amides is 1. The third kappa shape index (κ3) is 7.36. The van der Waals surface area contributed by atoms with Crippen molar-refractivity contribution in [2.24, 2.45) is 5.73 Å². The molecule has 24 heavy (non-hydrogen) atoms. The summed E-state index contributed by atoms with van der Waals surface area (Å²) in [5.41, 5.74) is 7.01. The van der Waals surface area contributed by atoms with E-state index in [-0.39, 0.29) is 36.8 Å².